The number of hydrogen-bond donors (Lipinski definition) is 3. The van der Waals surface area contributed by atoms with E-state index in [0.29, 0.717) is 31.6 Å². The van der Waals surface area contributed by atoms with Gasteiger partial charge in [0.15, 0.2) is 12.2 Å². The molecule has 0 aliphatic carbocycles. The third kappa shape index (κ3) is 76.1. The first-order chi connectivity index (χ1) is 49.0. The molecule has 0 rings (SSSR count). The van der Waals surface area contributed by atoms with Crippen molar-refractivity contribution in [1.82, 2.24) is 0 Å². The number of aliphatic hydroxyl groups excluding tert-OH is 1. The number of hydrogen-bond acceptors (Lipinski definition) is 15. The van der Waals surface area contributed by atoms with Crippen molar-refractivity contribution in [1.29, 1.82) is 0 Å². The van der Waals surface area contributed by atoms with Crippen LogP contribution in [0.15, 0.2) is 0 Å². The molecule has 19 heteroatoms. The van der Waals surface area contributed by atoms with E-state index in [9.17, 15) is 43.2 Å². The number of phosphoric acid groups is 2. The number of aliphatic hydroxyl groups is 1. The predicted molar refractivity (Wildman–Crippen MR) is 414 cm³/mol. The molecule has 600 valence electrons. The number of phosphoric ester groups is 2. The summed E-state index contributed by atoms with van der Waals surface area (Å²) in [6.45, 7) is 7.25. The van der Waals surface area contributed by atoms with Crippen molar-refractivity contribution < 1.29 is 80.2 Å². The number of ether oxygens (including phenoxy) is 4. The fraction of sp³-hybridized carbons (Fsp3) is 0.951. The molecule has 0 aliphatic rings. The average molecular weight is 1480 g/mol. The Morgan fingerprint density at radius 2 is 0.455 bits per heavy atom. The lowest BCUT2D eigenvalue weighted by Gasteiger charge is -2.21. The highest BCUT2D eigenvalue weighted by molar-refractivity contribution is 7.47. The summed E-state index contributed by atoms with van der Waals surface area (Å²) in [5.41, 5.74) is 0. The Balaban J connectivity index is 5.17. The van der Waals surface area contributed by atoms with Crippen LogP contribution >= 0.6 is 15.6 Å². The van der Waals surface area contributed by atoms with E-state index in [1.807, 2.05) is 0 Å². The van der Waals surface area contributed by atoms with Gasteiger partial charge in [-0.1, -0.05) is 388 Å². The monoisotopic (exact) mass is 1480 g/mol. The lowest BCUT2D eigenvalue weighted by Crippen LogP contribution is -2.30. The zero-order valence-corrected chi connectivity index (χ0v) is 67.8. The molecule has 0 aliphatic heterocycles. The smallest absolute Gasteiger partial charge is 0.462 e. The van der Waals surface area contributed by atoms with Crippen molar-refractivity contribution in [2.24, 2.45) is 5.92 Å². The highest BCUT2D eigenvalue weighted by atomic mass is 31.2. The molecule has 0 spiro atoms. The minimum Gasteiger partial charge on any atom is -0.462 e. The van der Waals surface area contributed by atoms with Gasteiger partial charge in [0.2, 0.25) is 0 Å². The van der Waals surface area contributed by atoms with Gasteiger partial charge < -0.3 is 33.8 Å². The Kier molecular flexibility index (Phi) is 73.5. The molecule has 0 aromatic rings. The van der Waals surface area contributed by atoms with E-state index in [4.69, 9.17) is 37.0 Å². The van der Waals surface area contributed by atoms with E-state index in [1.165, 1.54) is 263 Å². The molecule has 0 saturated heterocycles. The molecule has 0 aromatic heterocycles. The van der Waals surface area contributed by atoms with Crippen molar-refractivity contribution in [3.05, 3.63) is 0 Å². The van der Waals surface area contributed by atoms with Gasteiger partial charge in [-0.05, 0) is 31.6 Å². The maximum Gasteiger partial charge on any atom is 0.472 e. The number of rotatable bonds is 82. The predicted octanol–water partition coefficient (Wildman–Crippen LogP) is 24.8. The van der Waals surface area contributed by atoms with Crippen LogP contribution in [0.1, 0.15) is 439 Å². The number of carbonyl (C=O) groups is 4. The Morgan fingerprint density at radius 1 is 0.267 bits per heavy atom. The molecule has 5 atom stereocenters. The van der Waals surface area contributed by atoms with Gasteiger partial charge in [-0.3, -0.25) is 37.3 Å². The van der Waals surface area contributed by atoms with Crippen molar-refractivity contribution >= 4 is 39.5 Å². The number of esters is 4. The summed E-state index contributed by atoms with van der Waals surface area (Å²) in [4.78, 5) is 72.9. The molecule has 0 aromatic carbocycles. The molecule has 3 N–H and O–H groups in total. The summed E-state index contributed by atoms with van der Waals surface area (Å²) >= 11 is 0. The number of unbranched alkanes of at least 4 members (excludes halogenated alkanes) is 54. The zero-order chi connectivity index (χ0) is 74.1. The van der Waals surface area contributed by atoms with Crippen molar-refractivity contribution in [2.45, 2.75) is 457 Å². The van der Waals surface area contributed by atoms with Gasteiger partial charge in [0.25, 0.3) is 0 Å². The van der Waals surface area contributed by atoms with Crippen LogP contribution in [-0.4, -0.2) is 96.7 Å². The van der Waals surface area contributed by atoms with Crippen LogP contribution in [0.25, 0.3) is 0 Å². The summed E-state index contributed by atoms with van der Waals surface area (Å²) in [5.74, 6) is -1.41. The average Bonchev–Trinajstić information content (AvgIpc) is 0.928. The number of carbonyl (C=O) groups excluding carboxylic acids is 4. The Morgan fingerprint density at radius 3 is 0.673 bits per heavy atom. The van der Waals surface area contributed by atoms with Gasteiger partial charge in [0.05, 0.1) is 26.4 Å². The second-order valence-electron chi connectivity index (χ2n) is 30.0. The fourth-order valence-electron chi connectivity index (χ4n) is 12.8. The molecule has 0 heterocycles. The highest BCUT2D eigenvalue weighted by Gasteiger charge is 2.30. The van der Waals surface area contributed by atoms with Gasteiger partial charge in [-0.15, -0.1) is 0 Å². The van der Waals surface area contributed by atoms with E-state index in [0.717, 1.165) is 89.9 Å². The van der Waals surface area contributed by atoms with Crippen LogP contribution in [-0.2, 0) is 65.4 Å². The maximum atomic E-state index is 13.1. The van der Waals surface area contributed by atoms with Gasteiger partial charge >= 0.3 is 39.5 Å². The van der Waals surface area contributed by atoms with Gasteiger partial charge in [0.1, 0.15) is 19.3 Å². The van der Waals surface area contributed by atoms with Crippen molar-refractivity contribution in [3.63, 3.8) is 0 Å². The van der Waals surface area contributed by atoms with E-state index in [1.54, 1.807) is 0 Å². The summed E-state index contributed by atoms with van der Waals surface area (Å²) in [6.07, 6.45) is 67.0. The molecule has 17 nitrogen and oxygen atoms in total. The first-order valence-corrected chi connectivity index (χ1v) is 45.6. The van der Waals surface area contributed by atoms with Gasteiger partial charge in [0, 0.05) is 25.7 Å². The Bertz CT molecular complexity index is 1930. The minimum atomic E-state index is -4.96. The summed E-state index contributed by atoms with van der Waals surface area (Å²) in [6, 6.07) is 0. The largest absolute Gasteiger partial charge is 0.472 e. The molecule has 0 saturated carbocycles. The molecule has 0 amide bonds. The zero-order valence-electron chi connectivity index (χ0n) is 66.1. The second-order valence-corrected chi connectivity index (χ2v) is 32.9. The molecular weight excluding hydrogens is 1320 g/mol. The topological polar surface area (TPSA) is 237 Å². The Hall–Kier alpha value is -1.94. The summed E-state index contributed by atoms with van der Waals surface area (Å²) in [5, 5.41) is 10.6. The van der Waals surface area contributed by atoms with Crippen LogP contribution in [0.3, 0.4) is 0 Å². The summed E-state index contributed by atoms with van der Waals surface area (Å²) in [7, 11) is -9.92. The van der Waals surface area contributed by atoms with E-state index in [2.05, 4.69) is 34.6 Å². The Labute approximate surface area is 619 Å². The minimum absolute atomic E-state index is 0.104. The first kappa shape index (κ1) is 99.1. The van der Waals surface area contributed by atoms with Gasteiger partial charge in [-0.25, -0.2) is 9.13 Å². The van der Waals surface area contributed by atoms with Crippen LogP contribution in [0.2, 0.25) is 0 Å². The van der Waals surface area contributed by atoms with Crippen LogP contribution in [0.4, 0.5) is 0 Å². The lowest BCUT2D eigenvalue weighted by atomic mass is 10.0. The normalized spacial score (nSPS) is 13.8. The van der Waals surface area contributed by atoms with E-state index < -0.39 is 97.5 Å². The third-order valence-electron chi connectivity index (χ3n) is 19.3. The molecular formula is C82H160O17P2. The summed E-state index contributed by atoms with van der Waals surface area (Å²) < 4.78 is 68.6. The second kappa shape index (κ2) is 74.9. The molecule has 0 fully saturated rings. The standard InChI is InChI=1S/C82H160O17P2/c1-6-9-12-15-18-21-24-26-28-30-32-33-34-36-38-40-42-44-47-52-57-62-67-81(86)98-77(71-93-80(85)66-61-56-51-46-43-41-39-37-35-31-29-27-25-22-19-16-13-10-7-2)73-96-100(88,89)94-69-76(83)70-95-101(90,91)97-74-78(99-82(87)68-63-58-53-48-49-54-59-64-75(4)5)72-92-79(84)65-60-55-50-45-23-20-17-14-11-8-3/h75-78,83H,6-74H2,1-5H3,(H,88,89)(H,90,91)/t76-,77-,78-/m1/s1. The molecule has 101 heavy (non-hydrogen) atoms. The van der Waals surface area contributed by atoms with E-state index >= 15 is 0 Å². The molecule has 0 bridgehead atoms. The quantitative estimate of drug-likeness (QED) is 0.0222. The maximum absolute atomic E-state index is 13.1. The van der Waals surface area contributed by atoms with Crippen LogP contribution < -0.4 is 0 Å². The SMILES string of the molecule is CCCCCCCCCCCCCCCCCCCCCCCCC(=O)O[C@H](COC(=O)CCCCCCCCCCCCCCCCCCCCC)COP(=O)(O)OC[C@@H](O)COP(=O)(O)OC[C@@H](COC(=O)CCCCCCCCCCCC)OC(=O)CCCCCCCCCC(C)C. The van der Waals surface area contributed by atoms with E-state index in [-0.39, 0.29) is 25.7 Å². The fourth-order valence-corrected chi connectivity index (χ4v) is 14.3. The van der Waals surface area contributed by atoms with Gasteiger partial charge in [-0.2, -0.15) is 0 Å². The van der Waals surface area contributed by atoms with Crippen molar-refractivity contribution in [2.75, 3.05) is 39.6 Å². The highest BCUT2D eigenvalue weighted by Crippen LogP contribution is 2.45. The third-order valence-corrected chi connectivity index (χ3v) is 21.2. The molecule has 0 radical (unpaired) electrons. The van der Waals surface area contributed by atoms with Crippen molar-refractivity contribution in [3.8, 4) is 0 Å². The van der Waals surface area contributed by atoms with Crippen LogP contribution in [0, 0.1) is 5.92 Å². The van der Waals surface area contributed by atoms with Crippen LogP contribution in [0.5, 0.6) is 0 Å². The molecule has 2 unspecified atom stereocenters. The first-order valence-electron chi connectivity index (χ1n) is 42.6. The lowest BCUT2D eigenvalue weighted by molar-refractivity contribution is -0.161.